The molecule has 0 aromatic carbocycles. The quantitative estimate of drug-likeness (QED) is 0.524. The Bertz CT molecular complexity index is 258. The first-order valence-electron chi connectivity index (χ1n) is 7.66. The van der Waals surface area contributed by atoms with Crippen LogP contribution < -0.4 is 5.32 Å². The van der Waals surface area contributed by atoms with E-state index in [0.717, 1.165) is 18.4 Å². The molecule has 2 N–H and O–H groups in total. The predicted octanol–water partition coefficient (Wildman–Crippen LogP) is 2.11. The molecule has 0 heterocycles. The largest absolute Gasteiger partial charge is 0.466 e. The highest BCUT2D eigenvalue weighted by atomic mass is 16.5. The molecule has 3 atom stereocenters. The average Bonchev–Trinajstić information content (AvgIpc) is 2.35. The summed E-state index contributed by atoms with van der Waals surface area (Å²) >= 11 is 0. The Balaban J connectivity index is 2.02. The van der Waals surface area contributed by atoms with Crippen molar-refractivity contribution >= 4 is 5.97 Å². The van der Waals surface area contributed by atoms with Crippen molar-refractivity contribution in [2.75, 3.05) is 19.7 Å². The van der Waals surface area contributed by atoms with Crippen LogP contribution in [0.15, 0.2) is 0 Å². The van der Waals surface area contributed by atoms with Crippen molar-refractivity contribution in [3.63, 3.8) is 0 Å². The molecule has 112 valence electrons. The van der Waals surface area contributed by atoms with E-state index in [-0.39, 0.29) is 12.4 Å². The molecule has 1 fully saturated rings. The molecule has 1 rings (SSSR count). The van der Waals surface area contributed by atoms with Gasteiger partial charge in [-0.1, -0.05) is 26.2 Å². The van der Waals surface area contributed by atoms with Crippen LogP contribution in [0.5, 0.6) is 0 Å². The number of carbonyl (C=O) groups is 1. The summed E-state index contributed by atoms with van der Waals surface area (Å²) in [4.78, 5) is 11.2. The Hall–Kier alpha value is -0.610. The SMILES string of the molecule is CCOC(=O)CC(O)CNCCC1CCCC(C)C1. The Labute approximate surface area is 116 Å². The van der Waals surface area contributed by atoms with Gasteiger partial charge in [0.25, 0.3) is 0 Å². The molecule has 0 saturated heterocycles. The van der Waals surface area contributed by atoms with E-state index >= 15 is 0 Å². The van der Waals surface area contributed by atoms with Gasteiger partial charge in [0.05, 0.1) is 19.1 Å². The third-order valence-electron chi connectivity index (χ3n) is 3.86. The van der Waals surface area contributed by atoms with E-state index in [1.54, 1.807) is 6.92 Å². The summed E-state index contributed by atoms with van der Waals surface area (Å²) in [5.41, 5.74) is 0. The third-order valence-corrected chi connectivity index (χ3v) is 3.86. The Morgan fingerprint density at radius 1 is 1.47 bits per heavy atom. The van der Waals surface area contributed by atoms with E-state index in [1.807, 2.05) is 0 Å². The molecule has 4 nitrogen and oxygen atoms in total. The molecule has 0 aromatic heterocycles. The first-order chi connectivity index (χ1) is 9.11. The van der Waals surface area contributed by atoms with Crippen molar-refractivity contribution in [3.05, 3.63) is 0 Å². The van der Waals surface area contributed by atoms with Gasteiger partial charge in [-0.2, -0.15) is 0 Å². The van der Waals surface area contributed by atoms with Crippen molar-refractivity contribution in [2.24, 2.45) is 11.8 Å². The van der Waals surface area contributed by atoms with Crippen LogP contribution in [0.25, 0.3) is 0 Å². The van der Waals surface area contributed by atoms with Crippen LogP contribution in [-0.4, -0.2) is 36.9 Å². The second-order valence-corrected chi connectivity index (χ2v) is 5.79. The standard InChI is InChI=1S/C15H29NO3/c1-3-19-15(18)10-14(17)11-16-8-7-13-6-4-5-12(2)9-13/h12-14,16-17H,3-11H2,1-2H3. The summed E-state index contributed by atoms with van der Waals surface area (Å²) in [6.45, 7) is 5.88. The van der Waals surface area contributed by atoms with Gasteiger partial charge in [0.15, 0.2) is 0 Å². The normalized spacial score (nSPS) is 25.0. The van der Waals surface area contributed by atoms with Crippen molar-refractivity contribution in [2.45, 2.75) is 58.5 Å². The molecule has 0 radical (unpaired) electrons. The highest BCUT2D eigenvalue weighted by Crippen LogP contribution is 2.30. The van der Waals surface area contributed by atoms with Gasteiger partial charge in [-0.3, -0.25) is 4.79 Å². The smallest absolute Gasteiger partial charge is 0.308 e. The summed E-state index contributed by atoms with van der Waals surface area (Å²) in [6.07, 6.45) is 6.05. The molecule has 4 heteroatoms. The maximum absolute atomic E-state index is 11.2. The topological polar surface area (TPSA) is 58.6 Å². The molecule has 19 heavy (non-hydrogen) atoms. The molecule has 1 saturated carbocycles. The number of ether oxygens (including phenoxy) is 1. The first kappa shape index (κ1) is 16.4. The van der Waals surface area contributed by atoms with Gasteiger partial charge in [-0.25, -0.2) is 0 Å². The molecule has 0 aromatic rings. The maximum atomic E-state index is 11.2. The average molecular weight is 271 g/mol. The fourth-order valence-corrected chi connectivity index (χ4v) is 2.88. The molecule has 0 bridgehead atoms. The van der Waals surface area contributed by atoms with E-state index in [0.29, 0.717) is 13.2 Å². The zero-order chi connectivity index (χ0) is 14.1. The number of carbonyl (C=O) groups excluding carboxylic acids is 1. The molecule has 0 aliphatic heterocycles. The molecule has 0 amide bonds. The minimum absolute atomic E-state index is 0.0846. The van der Waals surface area contributed by atoms with Crippen LogP contribution in [0, 0.1) is 11.8 Å². The van der Waals surface area contributed by atoms with Gasteiger partial charge in [-0.15, -0.1) is 0 Å². The zero-order valence-electron chi connectivity index (χ0n) is 12.4. The fourth-order valence-electron chi connectivity index (χ4n) is 2.88. The lowest BCUT2D eigenvalue weighted by Crippen LogP contribution is -2.31. The summed E-state index contributed by atoms with van der Waals surface area (Å²) in [7, 11) is 0. The van der Waals surface area contributed by atoms with Crippen LogP contribution in [0.3, 0.4) is 0 Å². The van der Waals surface area contributed by atoms with Crippen LogP contribution in [-0.2, 0) is 9.53 Å². The van der Waals surface area contributed by atoms with Crippen LogP contribution in [0.2, 0.25) is 0 Å². The summed E-state index contributed by atoms with van der Waals surface area (Å²) in [5.74, 6) is 1.38. The number of rotatable bonds is 8. The van der Waals surface area contributed by atoms with E-state index in [4.69, 9.17) is 4.74 Å². The van der Waals surface area contributed by atoms with Gasteiger partial charge in [0.1, 0.15) is 0 Å². The van der Waals surface area contributed by atoms with Gasteiger partial charge in [-0.05, 0) is 38.1 Å². The molecule has 1 aliphatic rings. The Morgan fingerprint density at radius 2 is 2.26 bits per heavy atom. The van der Waals surface area contributed by atoms with Crippen molar-refractivity contribution < 1.29 is 14.6 Å². The summed E-state index contributed by atoms with van der Waals surface area (Å²) in [6, 6.07) is 0. The highest BCUT2D eigenvalue weighted by Gasteiger charge is 2.18. The highest BCUT2D eigenvalue weighted by molar-refractivity contribution is 5.69. The molecular formula is C15H29NO3. The van der Waals surface area contributed by atoms with Crippen molar-refractivity contribution in [1.29, 1.82) is 0 Å². The number of hydrogen-bond donors (Lipinski definition) is 2. The molecule has 3 unspecified atom stereocenters. The van der Waals surface area contributed by atoms with E-state index in [9.17, 15) is 9.90 Å². The lowest BCUT2D eigenvalue weighted by Gasteiger charge is -2.26. The predicted molar refractivity (Wildman–Crippen MR) is 75.9 cm³/mol. The first-order valence-corrected chi connectivity index (χ1v) is 7.66. The second kappa shape index (κ2) is 9.32. The maximum Gasteiger partial charge on any atom is 0.308 e. The Kier molecular flexibility index (Phi) is 8.07. The van der Waals surface area contributed by atoms with Crippen molar-refractivity contribution in [3.8, 4) is 0 Å². The number of hydrogen-bond acceptors (Lipinski definition) is 4. The minimum atomic E-state index is -0.635. The lowest BCUT2D eigenvalue weighted by molar-refractivity contribution is -0.145. The molecule has 0 spiro atoms. The summed E-state index contributed by atoms with van der Waals surface area (Å²) in [5, 5.41) is 12.9. The molecule has 1 aliphatic carbocycles. The number of esters is 1. The van der Waals surface area contributed by atoms with Gasteiger partial charge in [0.2, 0.25) is 0 Å². The van der Waals surface area contributed by atoms with Crippen LogP contribution in [0.4, 0.5) is 0 Å². The van der Waals surface area contributed by atoms with Gasteiger partial charge < -0.3 is 15.2 Å². The Morgan fingerprint density at radius 3 is 2.95 bits per heavy atom. The minimum Gasteiger partial charge on any atom is -0.466 e. The number of aliphatic hydroxyl groups is 1. The van der Waals surface area contributed by atoms with Gasteiger partial charge >= 0.3 is 5.97 Å². The van der Waals surface area contributed by atoms with Gasteiger partial charge in [0, 0.05) is 6.54 Å². The number of nitrogens with one attached hydrogen (secondary N) is 1. The lowest BCUT2D eigenvalue weighted by atomic mass is 9.81. The number of aliphatic hydroxyl groups excluding tert-OH is 1. The van der Waals surface area contributed by atoms with Crippen LogP contribution in [0.1, 0.15) is 52.4 Å². The van der Waals surface area contributed by atoms with Crippen molar-refractivity contribution in [1.82, 2.24) is 5.32 Å². The second-order valence-electron chi connectivity index (χ2n) is 5.79. The van der Waals surface area contributed by atoms with E-state index in [1.165, 1.54) is 32.1 Å². The monoisotopic (exact) mass is 271 g/mol. The van der Waals surface area contributed by atoms with Crippen LogP contribution >= 0.6 is 0 Å². The van der Waals surface area contributed by atoms with E-state index < -0.39 is 6.10 Å². The van der Waals surface area contributed by atoms with E-state index in [2.05, 4.69) is 12.2 Å². The molecular weight excluding hydrogens is 242 g/mol. The zero-order valence-corrected chi connectivity index (χ0v) is 12.4. The third kappa shape index (κ3) is 7.53. The fraction of sp³-hybridized carbons (Fsp3) is 0.933. The summed E-state index contributed by atoms with van der Waals surface area (Å²) < 4.78 is 4.80.